The number of carbonyl (C=O) groups is 4. The van der Waals surface area contributed by atoms with Crippen molar-refractivity contribution in [3.63, 3.8) is 0 Å². The second kappa shape index (κ2) is 27.1. The van der Waals surface area contributed by atoms with Crippen molar-refractivity contribution in [1.29, 1.82) is 0 Å². The largest absolute Gasteiger partial charge is 0.457 e. The molecule has 4 heterocycles. The summed E-state index contributed by atoms with van der Waals surface area (Å²) in [5.74, 6) is -1.91. The Labute approximate surface area is 649 Å². The summed E-state index contributed by atoms with van der Waals surface area (Å²) in [6, 6.07) is 102. The van der Waals surface area contributed by atoms with Crippen molar-refractivity contribution in [1.82, 2.24) is 0 Å². The van der Waals surface area contributed by atoms with Crippen LogP contribution in [0.5, 0.6) is 0 Å². The zero-order valence-electron chi connectivity index (χ0n) is 62.0. The molecule has 0 amide bonds. The molecule has 0 unspecified atom stereocenters. The van der Waals surface area contributed by atoms with Crippen molar-refractivity contribution in [2.24, 2.45) is 0 Å². The topological polar surface area (TPSA) is 112 Å². The van der Waals surface area contributed by atoms with E-state index in [1.165, 1.54) is 0 Å². The van der Waals surface area contributed by atoms with E-state index in [9.17, 15) is 9.59 Å². The molecule has 0 radical (unpaired) electrons. The molecule has 0 atom stereocenters. The molecule has 112 heavy (non-hydrogen) atoms. The molecule has 0 saturated heterocycles. The first-order valence-electron chi connectivity index (χ1n) is 38.1. The third kappa shape index (κ3) is 11.1. The van der Waals surface area contributed by atoms with Gasteiger partial charge in [-0.05, 0) is 256 Å². The van der Waals surface area contributed by atoms with Crippen LogP contribution in [0.2, 0.25) is 0 Å². The fraction of sp³-hybridized carbons (Fsp3) is 0.0800. The molecule has 16 aromatic rings. The molecule has 4 aliphatic heterocycles. The number of hydrogen-bond donors (Lipinski definition) is 0. The van der Waals surface area contributed by atoms with Gasteiger partial charge in [0.25, 0.3) is 0 Å². The van der Waals surface area contributed by atoms with Crippen LogP contribution in [0.4, 0.5) is 34.1 Å². The fourth-order valence-corrected chi connectivity index (χ4v) is 18.3. The van der Waals surface area contributed by atoms with Crippen molar-refractivity contribution < 1.29 is 38.1 Å². The van der Waals surface area contributed by atoms with E-state index >= 15 is 9.59 Å². The quantitative estimate of drug-likeness (QED) is 0.0401. The lowest BCUT2D eigenvalue weighted by atomic mass is 9.31. The van der Waals surface area contributed by atoms with Gasteiger partial charge < -0.3 is 28.7 Å². The summed E-state index contributed by atoms with van der Waals surface area (Å²) in [6.07, 6.45) is 0. The Hall–Kier alpha value is -13.8. The summed E-state index contributed by atoms with van der Waals surface area (Å²) in [6.45, 7) is 8.11. The van der Waals surface area contributed by atoms with E-state index in [4.69, 9.17) is 18.9 Å². The minimum atomic E-state index is -0.485. The van der Waals surface area contributed by atoms with Gasteiger partial charge in [-0.25, -0.2) is 19.2 Å². The number of nitrogens with zero attached hydrogens (tertiary/aromatic N) is 2. The summed E-state index contributed by atoms with van der Waals surface area (Å²) >= 11 is 0. The van der Waals surface area contributed by atoms with Gasteiger partial charge >= 0.3 is 23.9 Å². The van der Waals surface area contributed by atoms with E-state index in [2.05, 4.69) is 147 Å². The van der Waals surface area contributed by atoms with Crippen LogP contribution in [0.3, 0.4) is 0 Å². The van der Waals surface area contributed by atoms with E-state index in [-0.39, 0.29) is 26.4 Å². The number of aryl methyl sites for hydroxylation is 4. The third-order valence-electron chi connectivity index (χ3n) is 23.2. The van der Waals surface area contributed by atoms with Crippen molar-refractivity contribution >= 4 is 137 Å². The van der Waals surface area contributed by atoms with E-state index < -0.39 is 37.3 Å². The van der Waals surface area contributed by atoms with E-state index in [0.717, 1.165) is 188 Å². The predicted octanol–water partition coefficient (Wildman–Crippen LogP) is 19.1. The Morgan fingerprint density at radius 2 is 0.571 bits per heavy atom. The molecular weight excluding hydrogens is 1380 g/mol. The van der Waals surface area contributed by atoms with E-state index in [1.807, 2.05) is 194 Å². The van der Waals surface area contributed by atoms with Gasteiger partial charge in [-0.3, -0.25) is 0 Å². The number of rotatable bonds is 16. The lowest BCUT2D eigenvalue weighted by molar-refractivity contribution is 0.0464. The standard InChI is InChI=1S/C100H70B2N2O8/c1-59-25-23-26-60(2)89(59)73-51-75-79-45-69(99(107)111-57-65-33-15-7-16-34-65)49-87-95(79)102(82-44-42-68(98(106)110-56-64-31-13-6-14-32-64)48-86(82)103(87)71-37-19-9-20-38-71)84-54-78-74(90-61(3)27-24-28-62(90)4)52-76-80-46-70(100(108)112-58-66-35-17-8-18-36-66)50-88-96(80)101(83-53-77(73)93(91(75)84)94(78)92(76)83)81-43-41-67(97(105)109-55-63-29-11-5-12-30-63)47-85(81)104(88)72-39-21-10-22-40-72/h5-54H,55-58H2,1-4H3. The number of hydrogen-bond acceptors (Lipinski definition) is 10. The minimum absolute atomic E-state index is 0.0561. The van der Waals surface area contributed by atoms with Crippen LogP contribution in [0.25, 0.3) is 76.8 Å². The highest BCUT2D eigenvalue weighted by molar-refractivity contribution is 7.02. The molecule has 0 aromatic heterocycles. The van der Waals surface area contributed by atoms with Crippen LogP contribution in [0.15, 0.2) is 303 Å². The monoisotopic (exact) mass is 1450 g/mol. The molecule has 20 rings (SSSR count). The second-order valence-corrected chi connectivity index (χ2v) is 29.9. The normalized spacial score (nSPS) is 12.5. The zero-order chi connectivity index (χ0) is 75.6. The Kier molecular flexibility index (Phi) is 16.3. The van der Waals surface area contributed by atoms with Gasteiger partial charge in [-0.1, -0.05) is 229 Å². The van der Waals surface area contributed by atoms with Crippen LogP contribution < -0.4 is 42.6 Å². The first-order valence-corrected chi connectivity index (χ1v) is 38.1. The van der Waals surface area contributed by atoms with Crippen LogP contribution in [0.1, 0.15) is 85.9 Å². The van der Waals surface area contributed by atoms with Crippen LogP contribution in [0, 0.1) is 27.7 Å². The number of benzene rings is 16. The summed E-state index contributed by atoms with van der Waals surface area (Å²) < 4.78 is 25.1. The Morgan fingerprint density at radius 1 is 0.268 bits per heavy atom. The maximum Gasteiger partial charge on any atom is 0.338 e. The number of esters is 4. The maximum atomic E-state index is 15.5. The van der Waals surface area contributed by atoms with Crippen LogP contribution in [-0.4, -0.2) is 37.3 Å². The van der Waals surface area contributed by atoms with Gasteiger partial charge in [0.1, 0.15) is 26.4 Å². The molecule has 534 valence electrons. The highest BCUT2D eigenvalue weighted by Gasteiger charge is 2.47. The smallest absolute Gasteiger partial charge is 0.338 e. The van der Waals surface area contributed by atoms with Crippen molar-refractivity contribution in [2.45, 2.75) is 54.1 Å². The highest BCUT2D eigenvalue weighted by atomic mass is 16.5. The van der Waals surface area contributed by atoms with Crippen molar-refractivity contribution in [3.8, 4) is 44.5 Å². The van der Waals surface area contributed by atoms with Gasteiger partial charge in [0.2, 0.25) is 13.4 Å². The molecule has 0 saturated carbocycles. The van der Waals surface area contributed by atoms with Gasteiger partial charge in [-0.15, -0.1) is 0 Å². The van der Waals surface area contributed by atoms with Crippen LogP contribution >= 0.6 is 0 Å². The highest BCUT2D eigenvalue weighted by Crippen LogP contribution is 2.54. The SMILES string of the molecule is Cc1cccc(C)c1-c1cc2c3c(cc4c(-c5c(C)cccc5C)cc5c6c(cc1c3c46)B1c3ccc(C(=O)OCc4ccccc4)cc3N(c3ccccc3)c3cc(C(=O)OCc4ccccc4)cc-5c31)B1c3ccc(C(=O)OCc4ccccc4)cc3N(c3ccccc3)c3cc(C(=O)OCc4ccccc4)cc-2c31. The molecule has 0 N–H and O–H groups in total. The van der Waals surface area contributed by atoms with Gasteiger partial charge in [0, 0.05) is 34.1 Å². The first-order chi connectivity index (χ1) is 54.9. The van der Waals surface area contributed by atoms with Gasteiger partial charge in [0.15, 0.2) is 0 Å². The molecule has 0 fully saturated rings. The number of ether oxygens (including phenoxy) is 4. The Balaban J connectivity index is 0.920. The van der Waals surface area contributed by atoms with Gasteiger partial charge in [-0.2, -0.15) is 0 Å². The molecule has 10 nitrogen and oxygen atoms in total. The number of carbonyl (C=O) groups excluding carboxylic acids is 4. The Bertz CT molecular complexity index is 6160. The molecule has 16 aromatic carbocycles. The average Bonchev–Trinajstić information content (AvgIpc) is 0.667. The molecule has 0 aliphatic carbocycles. The summed E-state index contributed by atoms with van der Waals surface area (Å²) in [5.41, 5.74) is 28.0. The Morgan fingerprint density at radius 3 is 0.902 bits per heavy atom. The molecule has 0 spiro atoms. The summed E-state index contributed by atoms with van der Waals surface area (Å²) in [4.78, 5) is 65.0. The number of anilines is 6. The molecule has 0 bridgehead atoms. The van der Waals surface area contributed by atoms with Crippen molar-refractivity contribution in [3.05, 3.63) is 370 Å². The van der Waals surface area contributed by atoms with Crippen molar-refractivity contribution in [2.75, 3.05) is 9.80 Å². The average molecular weight is 1450 g/mol. The number of fused-ring (bicyclic) bond motifs is 8. The fourth-order valence-electron chi connectivity index (χ4n) is 18.3. The first kappa shape index (κ1) is 67.5. The molecule has 4 aliphatic rings. The minimum Gasteiger partial charge on any atom is -0.457 e. The number of para-hydroxylation sites is 2. The van der Waals surface area contributed by atoms with E-state index in [1.54, 1.807) is 0 Å². The zero-order valence-corrected chi connectivity index (χ0v) is 62.0. The second-order valence-electron chi connectivity index (χ2n) is 29.9. The van der Waals surface area contributed by atoms with E-state index in [0.29, 0.717) is 22.3 Å². The van der Waals surface area contributed by atoms with Gasteiger partial charge in [0.05, 0.1) is 22.3 Å². The third-order valence-corrected chi connectivity index (χ3v) is 23.2. The maximum absolute atomic E-state index is 15.5. The molecule has 12 heteroatoms. The van der Waals surface area contributed by atoms with Crippen LogP contribution in [-0.2, 0) is 45.4 Å². The summed E-state index contributed by atoms with van der Waals surface area (Å²) in [5, 5.41) is 6.23. The molecular formula is C100H70B2N2O8. The lowest BCUT2D eigenvalue weighted by Gasteiger charge is -2.42. The summed E-state index contributed by atoms with van der Waals surface area (Å²) in [7, 11) is 0. The predicted molar refractivity (Wildman–Crippen MR) is 452 cm³/mol. The lowest BCUT2D eigenvalue weighted by Crippen LogP contribution is -2.60.